The second kappa shape index (κ2) is 14.1. The summed E-state index contributed by atoms with van der Waals surface area (Å²) in [7, 11) is 0. The van der Waals surface area contributed by atoms with Crippen LogP contribution in [0.2, 0.25) is 0 Å². The van der Waals surface area contributed by atoms with Gasteiger partial charge >= 0.3 is 5.97 Å². The number of hydrogen-bond acceptors (Lipinski definition) is 6. The molecule has 4 aromatic rings. The molecule has 0 radical (unpaired) electrons. The maximum atomic E-state index is 13.8. The van der Waals surface area contributed by atoms with Crippen LogP contribution in [0.4, 0.5) is 4.39 Å². The topological polar surface area (TPSA) is 112 Å². The zero-order valence-corrected chi connectivity index (χ0v) is 22.6. The summed E-state index contributed by atoms with van der Waals surface area (Å²) in [5.41, 5.74) is 5.75. The van der Waals surface area contributed by atoms with Gasteiger partial charge in [-0.1, -0.05) is 60.7 Å². The van der Waals surface area contributed by atoms with Gasteiger partial charge in [0.15, 0.2) is 0 Å². The fraction of sp³-hybridized carbons (Fsp3) is 0.212. The molecule has 7 nitrogen and oxygen atoms in total. The van der Waals surface area contributed by atoms with E-state index in [-0.39, 0.29) is 25.1 Å². The third kappa shape index (κ3) is 8.15. The van der Waals surface area contributed by atoms with E-state index in [1.54, 1.807) is 12.1 Å². The molecule has 210 valence electrons. The fourth-order valence-corrected chi connectivity index (χ4v) is 4.39. The van der Waals surface area contributed by atoms with Gasteiger partial charge in [0.05, 0.1) is 18.1 Å². The lowest BCUT2D eigenvalue weighted by atomic mass is 9.97. The number of rotatable bonds is 13. The lowest BCUT2D eigenvalue weighted by Crippen LogP contribution is -2.28. The molecule has 41 heavy (non-hydrogen) atoms. The third-order valence-corrected chi connectivity index (χ3v) is 6.61. The molecule has 0 spiro atoms. The number of aliphatic hydroxyl groups excluding tert-OH is 1. The Morgan fingerprint density at radius 3 is 2.54 bits per heavy atom. The van der Waals surface area contributed by atoms with E-state index in [4.69, 9.17) is 19.8 Å². The minimum atomic E-state index is -1.08. The van der Waals surface area contributed by atoms with Crippen molar-refractivity contribution in [2.75, 3.05) is 6.54 Å². The SMILES string of the molecule is Cc1c(COc2ccc(CNCC(O)CC(=O)O)c(OCc3ccc(F)c(C#N)c3)c2)cccc1-c1ccccc1. The monoisotopic (exact) mass is 554 g/mol. The number of hydrogen-bond donors (Lipinski definition) is 3. The van der Waals surface area contributed by atoms with Crippen LogP contribution in [-0.2, 0) is 24.6 Å². The molecule has 0 fully saturated rings. The molecule has 0 saturated carbocycles. The molecule has 1 atom stereocenters. The first-order chi connectivity index (χ1) is 19.8. The predicted octanol–water partition coefficient (Wildman–Crippen LogP) is 5.76. The van der Waals surface area contributed by atoms with E-state index in [1.807, 2.05) is 48.5 Å². The number of nitrogens with zero attached hydrogens (tertiary/aromatic N) is 1. The maximum Gasteiger partial charge on any atom is 0.306 e. The van der Waals surface area contributed by atoms with E-state index in [0.29, 0.717) is 30.2 Å². The quantitative estimate of drug-likeness (QED) is 0.193. The molecule has 4 aromatic carbocycles. The Kier molecular flexibility index (Phi) is 10.1. The van der Waals surface area contributed by atoms with Gasteiger partial charge in [-0.15, -0.1) is 0 Å². The molecule has 0 amide bonds. The second-order valence-corrected chi connectivity index (χ2v) is 9.61. The van der Waals surface area contributed by atoms with Crippen molar-refractivity contribution < 1.29 is 28.9 Å². The summed E-state index contributed by atoms with van der Waals surface area (Å²) in [5.74, 6) is -0.593. The number of carboxylic acids is 1. The maximum absolute atomic E-state index is 13.8. The number of halogens is 1. The smallest absolute Gasteiger partial charge is 0.306 e. The second-order valence-electron chi connectivity index (χ2n) is 9.61. The van der Waals surface area contributed by atoms with Gasteiger partial charge in [-0.05, 0) is 52.9 Å². The molecule has 8 heteroatoms. The van der Waals surface area contributed by atoms with Gasteiger partial charge in [-0.25, -0.2) is 4.39 Å². The van der Waals surface area contributed by atoms with Crippen LogP contribution in [0.3, 0.4) is 0 Å². The van der Waals surface area contributed by atoms with Crippen LogP contribution < -0.4 is 14.8 Å². The third-order valence-electron chi connectivity index (χ3n) is 6.61. The van der Waals surface area contributed by atoms with Gasteiger partial charge in [0.2, 0.25) is 0 Å². The molecule has 0 aliphatic heterocycles. The van der Waals surface area contributed by atoms with E-state index < -0.39 is 17.9 Å². The molecule has 0 heterocycles. The summed E-state index contributed by atoms with van der Waals surface area (Å²) < 4.78 is 26.0. The number of benzene rings is 4. The number of aliphatic carboxylic acids is 1. The van der Waals surface area contributed by atoms with Crippen LogP contribution >= 0.6 is 0 Å². The van der Waals surface area contributed by atoms with Crippen molar-refractivity contribution in [2.24, 2.45) is 0 Å². The molecule has 0 bridgehead atoms. The normalized spacial score (nSPS) is 11.5. The Morgan fingerprint density at radius 2 is 1.78 bits per heavy atom. The zero-order valence-electron chi connectivity index (χ0n) is 22.6. The van der Waals surface area contributed by atoms with Crippen LogP contribution in [0.1, 0.15) is 34.2 Å². The predicted molar refractivity (Wildman–Crippen MR) is 153 cm³/mol. The van der Waals surface area contributed by atoms with Crippen LogP contribution in [0.25, 0.3) is 11.1 Å². The first-order valence-corrected chi connectivity index (χ1v) is 13.2. The summed E-state index contributed by atoms with van der Waals surface area (Å²) in [4.78, 5) is 10.8. The minimum Gasteiger partial charge on any atom is -0.489 e. The van der Waals surface area contributed by atoms with Gasteiger partial charge < -0.3 is 25.0 Å². The highest BCUT2D eigenvalue weighted by Gasteiger charge is 2.13. The lowest BCUT2D eigenvalue weighted by Gasteiger charge is -2.17. The molecule has 0 aromatic heterocycles. The molecule has 0 aliphatic rings. The summed E-state index contributed by atoms with van der Waals surface area (Å²) >= 11 is 0. The van der Waals surface area contributed by atoms with Crippen molar-refractivity contribution in [1.82, 2.24) is 5.32 Å². The van der Waals surface area contributed by atoms with Crippen molar-refractivity contribution in [1.29, 1.82) is 5.26 Å². The first-order valence-electron chi connectivity index (χ1n) is 13.2. The zero-order chi connectivity index (χ0) is 29.2. The number of nitrogens with one attached hydrogen (secondary N) is 1. The Morgan fingerprint density at radius 1 is 0.976 bits per heavy atom. The number of ether oxygens (including phenoxy) is 2. The number of nitriles is 1. The van der Waals surface area contributed by atoms with Crippen molar-refractivity contribution in [3.8, 4) is 28.7 Å². The summed E-state index contributed by atoms with van der Waals surface area (Å²) in [6.45, 7) is 2.89. The molecule has 0 aliphatic carbocycles. The summed E-state index contributed by atoms with van der Waals surface area (Å²) in [5, 5.41) is 30.9. The van der Waals surface area contributed by atoms with Crippen LogP contribution in [0.5, 0.6) is 11.5 Å². The first kappa shape index (κ1) is 29.3. The molecule has 1 unspecified atom stereocenters. The van der Waals surface area contributed by atoms with Crippen LogP contribution in [0.15, 0.2) is 84.9 Å². The van der Waals surface area contributed by atoms with Gasteiger partial charge in [0.25, 0.3) is 0 Å². The largest absolute Gasteiger partial charge is 0.489 e. The highest BCUT2D eigenvalue weighted by atomic mass is 19.1. The van der Waals surface area contributed by atoms with E-state index >= 15 is 0 Å². The van der Waals surface area contributed by atoms with Gasteiger partial charge in [0, 0.05) is 24.7 Å². The van der Waals surface area contributed by atoms with Gasteiger partial charge in [0.1, 0.15) is 36.6 Å². The molecular weight excluding hydrogens is 523 g/mol. The van der Waals surface area contributed by atoms with Crippen molar-refractivity contribution in [3.63, 3.8) is 0 Å². The molecule has 4 rings (SSSR count). The van der Waals surface area contributed by atoms with E-state index in [9.17, 15) is 14.3 Å². The van der Waals surface area contributed by atoms with E-state index in [1.165, 1.54) is 12.1 Å². The van der Waals surface area contributed by atoms with Crippen molar-refractivity contribution >= 4 is 5.97 Å². The fourth-order valence-electron chi connectivity index (χ4n) is 4.39. The van der Waals surface area contributed by atoms with Gasteiger partial charge in [-0.3, -0.25) is 4.79 Å². The minimum absolute atomic E-state index is 0.0643. The average Bonchev–Trinajstić information content (AvgIpc) is 2.97. The standard InChI is InChI=1S/C33H31FN2O5/c1-22-26(8-5-9-30(22)24-6-3-2-4-7-24)21-40-29-12-11-25(18-36-19-28(37)15-33(38)39)32(16-29)41-20-23-10-13-31(34)27(14-23)17-35/h2-14,16,28,36-37H,15,18-21H2,1H3,(H,38,39). The highest BCUT2D eigenvalue weighted by molar-refractivity contribution is 5.68. The number of aliphatic hydroxyl groups is 1. The molecule has 3 N–H and O–H groups in total. The van der Waals surface area contributed by atoms with Gasteiger partial charge in [-0.2, -0.15) is 5.26 Å². The summed E-state index contributed by atoms with van der Waals surface area (Å²) in [6, 6.07) is 27.8. The Bertz CT molecular complexity index is 1530. The van der Waals surface area contributed by atoms with Crippen LogP contribution in [0, 0.1) is 24.1 Å². The van der Waals surface area contributed by atoms with Crippen LogP contribution in [-0.4, -0.2) is 28.8 Å². The summed E-state index contributed by atoms with van der Waals surface area (Å²) in [6.07, 6.45) is -1.39. The number of carboxylic acid groups (broad SMARTS) is 1. The average molecular weight is 555 g/mol. The molecular formula is C33H31FN2O5. The Labute approximate surface area is 238 Å². The van der Waals surface area contributed by atoms with E-state index in [0.717, 1.165) is 27.8 Å². The van der Waals surface area contributed by atoms with E-state index in [2.05, 4.69) is 30.4 Å². The molecule has 0 saturated heterocycles. The Balaban J connectivity index is 1.50. The highest BCUT2D eigenvalue weighted by Crippen LogP contribution is 2.29. The number of carbonyl (C=O) groups is 1. The van der Waals surface area contributed by atoms with Crippen molar-refractivity contribution in [2.45, 2.75) is 39.2 Å². The lowest BCUT2D eigenvalue weighted by molar-refractivity contribution is -0.139. The van der Waals surface area contributed by atoms with Crippen molar-refractivity contribution in [3.05, 3.63) is 119 Å². The Hall–Kier alpha value is -4.71.